The second-order valence-electron chi connectivity index (χ2n) is 14.5. The summed E-state index contributed by atoms with van der Waals surface area (Å²) in [4.78, 5) is 2.39. The fourth-order valence-corrected chi connectivity index (χ4v) is 8.74. The van der Waals surface area contributed by atoms with Crippen molar-refractivity contribution in [1.82, 2.24) is 4.57 Å². The Bertz CT molecular complexity index is 3100. The number of nitrogens with zero attached hydrogens (tertiary/aromatic N) is 2. The van der Waals surface area contributed by atoms with E-state index in [0.717, 1.165) is 17.1 Å². The van der Waals surface area contributed by atoms with Crippen molar-refractivity contribution in [3.8, 4) is 27.9 Å². The summed E-state index contributed by atoms with van der Waals surface area (Å²) < 4.78 is 2.43. The maximum Gasteiger partial charge on any atom is 0.0542 e. The molecule has 0 atom stereocenters. The van der Waals surface area contributed by atoms with Crippen LogP contribution < -0.4 is 4.90 Å². The Morgan fingerprint density at radius 2 is 0.714 bits per heavy atom. The van der Waals surface area contributed by atoms with Crippen molar-refractivity contribution in [2.75, 3.05) is 4.90 Å². The van der Waals surface area contributed by atoms with Crippen LogP contribution in [0.2, 0.25) is 0 Å². The van der Waals surface area contributed by atoms with E-state index in [4.69, 9.17) is 0 Å². The van der Waals surface area contributed by atoms with E-state index < -0.39 is 0 Å². The highest BCUT2D eigenvalue weighted by molar-refractivity contribution is 6.12. The molecule has 0 fully saturated rings. The molecule has 11 rings (SSSR count). The van der Waals surface area contributed by atoms with Gasteiger partial charge in [0.25, 0.3) is 0 Å². The zero-order valence-electron chi connectivity index (χ0n) is 30.7. The quantitative estimate of drug-likeness (QED) is 0.167. The third-order valence-corrected chi connectivity index (χ3v) is 11.4. The average Bonchev–Trinajstić information content (AvgIpc) is 3.60. The van der Waals surface area contributed by atoms with Crippen molar-refractivity contribution in [3.05, 3.63) is 218 Å². The second kappa shape index (κ2) is 13.2. The van der Waals surface area contributed by atoms with Crippen LogP contribution in [-0.2, 0) is 0 Å². The van der Waals surface area contributed by atoms with Crippen LogP contribution >= 0.6 is 0 Å². The van der Waals surface area contributed by atoms with E-state index in [1.54, 1.807) is 0 Å². The molecule has 0 N–H and O–H groups in total. The first-order valence-electron chi connectivity index (χ1n) is 19.3. The minimum atomic E-state index is 1.10. The predicted molar refractivity (Wildman–Crippen MR) is 239 cm³/mol. The van der Waals surface area contributed by atoms with Gasteiger partial charge in [-0.1, -0.05) is 164 Å². The molecule has 0 spiro atoms. The molecular weight excluding hydrogens is 677 g/mol. The number of fused-ring (bicyclic) bond motifs is 6. The molecule has 0 saturated heterocycles. The zero-order valence-corrected chi connectivity index (χ0v) is 30.7. The van der Waals surface area contributed by atoms with Gasteiger partial charge in [0.1, 0.15) is 0 Å². The number of benzene rings is 10. The summed E-state index contributed by atoms with van der Waals surface area (Å²) in [5.41, 5.74) is 11.8. The van der Waals surface area contributed by atoms with E-state index in [0.29, 0.717) is 0 Å². The van der Waals surface area contributed by atoms with Gasteiger partial charge in [-0.2, -0.15) is 0 Å². The normalized spacial score (nSPS) is 11.6. The van der Waals surface area contributed by atoms with Crippen LogP contribution in [0.4, 0.5) is 17.1 Å². The van der Waals surface area contributed by atoms with Crippen molar-refractivity contribution in [3.63, 3.8) is 0 Å². The summed E-state index contributed by atoms with van der Waals surface area (Å²) in [5, 5.41) is 9.94. The maximum atomic E-state index is 2.43. The van der Waals surface area contributed by atoms with Gasteiger partial charge in [0, 0.05) is 33.2 Å². The molecule has 0 aliphatic heterocycles. The Labute approximate surface area is 325 Å². The number of para-hydroxylation sites is 1. The molecule has 0 amide bonds. The summed E-state index contributed by atoms with van der Waals surface area (Å²) in [6, 6.07) is 79.5. The lowest BCUT2D eigenvalue weighted by atomic mass is 9.97. The number of hydrogen-bond acceptors (Lipinski definition) is 1. The van der Waals surface area contributed by atoms with Crippen LogP contribution in [0.15, 0.2) is 218 Å². The molecule has 2 heteroatoms. The molecule has 0 bridgehead atoms. The number of anilines is 3. The van der Waals surface area contributed by atoms with E-state index in [9.17, 15) is 0 Å². The minimum absolute atomic E-state index is 1.10. The van der Waals surface area contributed by atoms with Crippen molar-refractivity contribution >= 4 is 71.2 Å². The number of hydrogen-bond donors (Lipinski definition) is 0. The Hall–Kier alpha value is -7.42. The van der Waals surface area contributed by atoms with Gasteiger partial charge in [-0.05, 0) is 104 Å². The largest absolute Gasteiger partial charge is 0.310 e. The molecule has 11 aromatic rings. The van der Waals surface area contributed by atoms with Gasteiger partial charge in [0.15, 0.2) is 0 Å². The Morgan fingerprint density at radius 1 is 0.286 bits per heavy atom. The SMILES string of the molecule is c1ccc2c(-c3ccc(N(c4ccc(-c5cccc6ccccc56)cc4)c4ccc5c(c4)c4ccccc4n5-c4cccc5ccccc45)cc3)cccc2c1. The smallest absolute Gasteiger partial charge is 0.0542 e. The third-order valence-electron chi connectivity index (χ3n) is 11.4. The van der Waals surface area contributed by atoms with Gasteiger partial charge in [-0.25, -0.2) is 0 Å². The van der Waals surface area contributed by atoms with Crippen molar-refractivity contribution < 1.29 is 0 Å². The first-order chi connectivity index (χ1) is 27.8. The van der Waals surface area contributed by atoms with Crippen LogP contribution in [0.5, 0.6) is 0 Å². The summed E-state index contributed by atoms with van der Waals surface area (Å²) in [5.74, 6) is 0. The van der Waals surface area contributed by atoms with Crippen molar-refractivity contribution in [1.29, 1.82) is 0 Å². The standard InChI is InChI=1S/C54H36N2/c1-4-18-45-37(12-1)15-9-22-47(45)40-26-30-42(31-27-40)55(43-32-28-41(29-33-43)48-23-10-16-38-13-2-5-19-46(38)48)44-34-35-54-51(36-44)50-21-7-8-24-53(50)56(54)52-25-11-17-39-14-3-6-20-49(39)52/h1-36H. The molecule has 0 radical (unpaired) electrons. The summed E-state index contributed by atoms with van der Waals surface area (Å²) >= 11 is 0. The molecule has 56 heavy (non-hydrogen) atoms. The van der Waals surface area contributed by atoms with E-state index in [1.807, 2.05) is 0 Å². The highest BCUT2D eigenvalue weighted by Gasteiger charge is 2.19. The van der Waals surface area contributed by atoms with Crippen LogP contribution in [0.25, 0.3) is 82.1 Å². The minimum Gasteiger partial charge on any atom is -0.310 e. The monoisotopic (exact) mass is 712 g/mol. The van der Waals surface area contributed by atoms with Gasteiger partial charge in [-0.3, -0.25) is 0 Å². The second-order valence-corrected chi connectivity index (χ2v) is 14.5. The average molecular weight is 713 g/mol. The fourth-order valence-electron chi connectivity index (χ4n) is 8.74. The third kappa shape index (κ3) is 5.26. The van der Waals surface area contributed by atoms with E-state index >= 15 is 0 Å². The molecule has 10 aromatic carbocycles. The van der Waals surface area contributed by atoms with Gasteiger partial charge >= 0.3 is 0 Å². The molecular formula is C54H36N2. The van der Waals surface area contributed by atoms with Gasteiger partial charge < -0.3 is 9.47 Å². The van der Waals surface area contributed by atoms with Crippen LogP contribution in [0.1, 0.15) is 0 Å². The highest BCUT2D eigenvalue weighted by atomic mass is 15.1. The number of rotatable bonds is 6. The van der Waals surface area contributed by atoms with E-state index in [-0.39, 0.29) is 0 Å². The molecule has 262 valence electrons. The lowest BCUT2D eigenvalue weighted by Gasteiger charge is -2.26. The molecule has 1 heterocycles. The Kier molecular flexibility index (Phi) is 7.53. The number of aromatic nitrogens is 1. The lowest BCUT2D eigenvalue weighted by molar-refractivity contribution is 1.20. The molecule has 0 aliphatic rings. The Balaban J connectivity index is 1.08. The predicted octanol–water partition coefficient (Wildman–Crippen LogP) is 15.0. The van der Waals surface area contributed by atoms with Crippen LogP contribution in [0.3, 0.4) is 0 Å². The van der Waals surface area contributed by atoms with Crippen molar-refractivity contribution in [2.45, 2.75) is 0 Å². The molecule has 0 aliphatic carbocycles. The zero-order chi connectivity index (χ0) is 37.0. The Morgan fingerprint density at radius 3 is 1.30 bits per heavy atom. The van der Waals surface area contributed by atoms with Gasteiger partial charge in [0.05, 0.1) is 16.7 Å². The summed E-state index contributed by atoms with van der Waals surface area (Å²) in [6.45, 7) is 0. The molecule has 0 unspecified atom stereocenters. The molecule has 0 saturated carbocycles. The maximum absolute atomic E-state index is 2.43. The fraction of sp³-hybridized carbons (Fsp3) is 0. The summed E-state index contributed by atoms with van der Waals surface area (Å²) in [6.07, 6.45) is 0. The van der Waals surface area contributed by atoms with Crippen molar-refractivity contribution in [2.24, 2.45) is 0 Å². The molecule has 1 aromatic heterocycles. The van der Waals surface area contributed by atoms with Gasteiger partial charge in [0.2, 0.25) is 0 Å². The highest BCUT2D eigenvalue weighted by Crippen LogP contribution is 2.42. The van der Waals surface area contributed by atoms with E-state index in [2.05, 4.69) is 228 Å². The molecule has 2 nitrogen and oxygen atoms in total. The lowest BCUT2D eigenvalue weighted by Crippen LogP contribution is -2.10. The van der Waals surface area contributed by atoms with Crippen LogP contribution in [-0.4, -0.2) is 4.57 Å². The first kappa shape index (κ1) is 32.0. The van der Waals surface area contributed by atoms with E-state index in [1.165, 1.54) is 82.1 Å². The first-order valence-corrected chi connectivity index (χ1v) is 19.3. The van der Waals surface area contributed by atoms with Crippen LogP contribution in [0, 0.1) is 0 Å². The van der Waals surface area contributed by atoms with Gasteiger partial charge in [-0.15, -0.1) is 0 Å². The summed E-state index contributed by atoms with van der Waals surface area (Å²) in [7, 11) is 0. The topological polar surface area (TPSA) is 8.17 Å².